The number of likely N-dealkylation sites (tertiary alicyclic amines) is 1. The molecule has 6 nitrogen and oxygen atoms in total. The zero-order valence-electron chi connectivity index (χ0n) is 17.3. The highest BCUT2D eigenvalue weighted by molar-refractivity contribution is 5.96. The topological polar surface area (TPSA) is 62.2 Å². The number of hydrogen-bond donors (Lipinski definition) is 0. The summed E-state index contributed by atoms with van der Waals surface area (Å²) in [7, 11) is 1.90. The first-order valence-electron chi connectivity index (χ1n) is 10.0. The van der Waals surface area contributed by atoms with Gasteiger partial charge in [0.2, 0.25) is 0 Å². The van der Waals surface area contributed by atoms with E-state index in [4.69, 9.17) is 4.98 Å². The van der Waals surface area contributed by atoms with Gasteiger partial charge in [0.15, 0.2) is 0 Å². The molecule has 148 valence electrons. The van der Waals surface area contributed by atoms with Crippen molar-refractivity contribution in [2.45, 2.75) is 51.0 Å². The van der Waals surface area contributed by atoms with Crippen molar-refractivity contribution in [2.24, 2.45) is 0 Å². The molecule has 0 bridgehead atoms. The molecule has 0 atom stereocenters. The van der Waals surface area contributed by atoms with Gasteiger partial charge >= 0.3 is 0 Å². The first kappa shape index (κ1) is 19.0. The Kier molecular flexibility index (Phi) is 4.70. The third kappa shape index (κ3) is 3.41. The van der Waals surface area contributed by atoms with Crippen molar-refractivity contribution in [3.8, 4) is 0 Å². The Hall–Kier alpha value is -2.34. The number of fused-ring (bicyclic) bond motifs is 2. The van der Waals surface area contributed by atoms with Crippen LogP contribution in [0.1, 0.15) is 61.1 Å². The molecule has 1 fully saturated rings. The number of rotatable bonds is 2. The van der Waals surface area contributed by atoms with Crippen molar-refractivity contribution >= 4 is 5.91 Å². The first-order valence-corrected chi connectivity index (χ1v) is 10.0. The van der Waals surface area contributed by atoms with E-state index in [2.05, 4.69) is 47.8 Å². The molecule has 2 aromatic heterocycles. The van der Waals surface area contributed by atoms with Gasteiger partial charge < -0.3 is 4.90 Å². The molecule has 2 aliphatic rings. The summed E-state index contributed by atoms with van der Waals surface area (Å²) in [5.74, 6) is 0.863. The van der Waals surface area contributed by atoms with Crippen LogP contribution in [0.3, 0.4) is 0 Å². The van der Waals surface area contributed by atoms with Gasteiger partial charge in [-0.3, -0.25) is 14.7 Å². The lowest BCUT2D eigenvalue weighted by Crippen LogP contribution is -2.54. The number of hydrogen-bond acceptors (Lipinski definition) is 5. The van der Waals surface area contributed by atoms with Crippen LogP contribution in [0.4, 0.5) is 0 Å². The molecule has 1 spiro atoms. The molecule has 4 heterocycles. The first-order chi connectivity index (χ1) is 13.3. The number of amides is 1. The molecule has 1 amide bonds. The van der Waals surface area contributed by atoms with Crippen molar-refractivity contribution in [3.05, 3.63) is 53.4 Å². The maximum absolute atomic E-state index is 12.7. The molecule has 28 heavy (non-hydrogen) atoms. The number of pyridine rings is 1. The Morgan fingerprint density at radius 3 is 2.46 bits per heavy atom. The second-order valence-electron chi connectivity index (χ2n) is 9.28. The zero-order valence-corrected chi connectivity index (χ0v) is 17.3. The minimum Gasteiger partial charge on any atom is -0.341 e. The lowest BCUT2D eigenvalue weighted by atomic mass is 9.71. The number of carbonyl (C=O) groups is 1. The van der Waals surface area contributed by atoms with E-state index in [1.165, 1.54) is 5.56 Å². The summed E-state index contributed by atoms with van der Waals surface area (Å²) < 4.78 is 0. The highest BCUT2D eigenvalue weighted by Crippen LogP contribution is 2.41. The van der Waals surface area contributed by atoms with Crippen molar-refractivity contribution in [3.63, 3.8) is 0 Å². The van der Waals surface area contributed by atoms with Crippen molar-refractivity contribution in [1.82, 2.24) is 24.8 Å². The molecule has 0 aromatic carbocycles. The van der Waals surface area contributed by atoms with Crippen LogP contribution in [0, 0.1) is 0 Å². The van der Waals surface area contributed by atoms with E-state index in [-0.39, 0.29) is 16.7 Å². The van der Waals surface area contributed by atoms with Gasteiger partial charge in [0.1, 0.15) is 5.82 Å². The molecular formula is C22H29N5O. The van der Waals surface area contributed by atoms with Crippen molar-refractivity contribution < 1.29 is 4.79 Å². The maximum atomic E-state index is 12.7. The van der Waals surface area contributed by atoms with E-state index in [9.17, 15) is 4.79 Å². The lowest BCUT2D eigenvalue weighted by molar-refractivity contribution is 0.0622. The standard InChI is InChI=1S/C22H29N5O/c1-21(2,3)20-24-13-17-18(25-20)22(15-26(4)19(17)28)7-11-27(12-8-22)14-16-5-9-23-10-6-16/h5-6,9-10,13H,7-8,11-12,14-15H2,1-4H3. The Morgan fingerprint density at radius 1 is 1.14 bits per heavy atom. The average molecular weight is 380 g/mol. The molecule has 0 unspecified atom stereocenters. The van der Waals surface area contributed by atoms with E-state index in [0.29, 0.717) is 5.56 Å². The predicted molar refractivity (Wildman–Crippen MR) is 108 cm³/mol. The van der Waals surface area contributed by atoms with E-state index in [0.717, 1.165) is 50.5 Å². The van der Waals surface area contributed by atoms with Crippen LogP contribution >= 0.6 is 0 Å². The second kappa shape index (κ2) is 6.92. The van der Waals surface area contributed by atoms with Crippen molar-refractivity contribution in [2.75, 3.05) is 26.7 Å². The summed E-state index contributed by atoms with van der Waals surface area (Å²) in [6.07, 6.45) is 7.46. The molecule has 0 radical (unpaired) electrons. The largest absolute Gasteiger partial charge is 0.341 e. The van der Waals surface area contributed by atoms with Crippen LogP contribution in [-0.4, -0.2) is 57.3 Å². The quantitative estimate of drug-likeness (QED) is 0.803. The Bertz CT molecular complexity index is 866. The van der Waals surface area contributed by atoms with Crippen molar-refractivity contribution in [1.29, 1.82) is 0 Å². The fourth-order valence-electron chi connectivity index (χ4n) is 4.39. The third-order valence-corrected chi connectivity index (χ3v) is 6.05. The smallest absolute Gasteiger partial charge is 0.257 e. The van der Waals surface area contributed by atoms with Crippen LogP contribution in [0.25, 0.3) is 0 Å². The van der Waals surface area contributed by atoms with Gasteiger partial charge in [-0.05, 0) is 43.6 Å². The lowest BCUT2D eigenvalue weighted by Gasteiger charge is -2.46. The van der Waals surface area contributed by atoms with E-state index in [1.54, 1.807) is 6.20 Å². The van der Waals surface area contributed by atoms with Crippen LogP contribution in [-0.2, 0) is 17.4 Å². The van der Waals surface area contributed by atoms with Gasteiger partial charge in [-0.2, -0.15) is 0 Å². The second-order valence-corrected chi connectivity index (χ2v) is 9.28. The molecule has 2 aliphatic heterocycles. The Labute approximate surface area is 167 Å². The Balaban J connectivity index is 1.62. The highest BCUT2D eigenvalue weighted by Gasteiger charge is 2.46. The fraction of sp³-hybridized carbons (Fsp3) is 0.545. The van der Waals surface area contributed by atoms with Gasteiger partial charge in [0.05, 0.1) is 11.3 Å². The summed E-state index contributed by atoms with van der Waals surface area (Å²) in [5.41, 5.74) is 2.74. The summed E-state index contributed by atoms with van der Waals surface area (Å²) in [6.45, 7) is 10.0. The SMILES string of the molecule is CN1CC2(CCN(Cc3ccncc3)CC2)c2nc(C(C)(C)C)ncc2C1=O. The number of carbonyl (C=O) groups excluding carboxylic acids is 1. The molecule has 0 aliphatic carbocycles. The van der Waals surface area contributed by atoms with Gasteiger partial charge in [0.25, 0.3) is 5.91 Å². The van der Waals surface area contributed by atoms with Crippen LogP contribution in [0.5, 0.6) is 0 Å². The third-order valence-electron chi connectivity index (χ3n) is 6.05. The number of aromatic nitrogens is 3. The van der Waals surface area contributed by atoms with Gasteiger partial charge in [-0.25, -0.2) is 9.97 Å². The molecular weight excluding hydrogens is 350 g/mol. The number of likely N-dealkylation sites (N-methyl/N-ethyl adjacent to an activating group) is 1. The highest BCUT2D eigenvalue weighted by atomic mass is 16.2. The predicted octanol–water partition coefficient (Wildman–Crippen LogP) is 2.79. The molecule has 1 saturated heterocycles. The van der Waals surface area contributed by atoms with E-state index >= 15 is 0 Å². The number of piperidine rings is 1. The molecule has 4 rings (SSSR count). The van der Waals surface area contributed by atoms with Crippen LogP contribution in [0.2, 0.25) is 0 Å². The summed E-state index contributed by atoms with van der Waals surface area (Å²) in [6, 6.07) is 4.16. The minimum absolute atomic E-state index is 0.0419. The molecule has 6 heteroatoms. The van der Waals surface area contributed by atoms with Crippen LogP contribution < -0.4 is 0 Å². The van der Waals surface area contributed by atoms with E-state index < -0.39 is 0 Å². The average Bonchev–Trinajstić information content (AvgIpc) is 2.68. The normalized spacial score (nSPS) is 19.7. The van der Waals surface area contributed by atoms with Gasteiger partial charge in [0, 0.05) is 49.6 Å². The monoisotopic (exact) mass is 379 g/mol. The summed E-state index contributed by atoms with van der Waals surface area (Å²) >= 11 is 0. The Morgan fingerprint density at radius 2 is 1.82 bits per heavy atom. The van der Waals surface area contributed by atoms with E-state index in [1.807, 2.05) is 24.3 Å². The van der Waals surface area contributed by atoms with Crippen LogP contribution in [0.15, 0.2) is 30.7 Å². The maximum Gasteiger partial charge on any atom is 0.257 e. The zero-order chi connectivity index (χ0) is 19.9. The summed E-state index contributed by atoms with van der Waals surface area (Å²) in [5, 5.41) is 0. The molecule has 0 N–H and O–H groups in total. The minimum atomic E-state index is -0.134. The summed E-state index contributed by atoms with van der Waals surface area (Å²) in [4.78, 5) is 30.7. The van der Waals surface area contributed by atoms with Gasteiger partial charge in [-0.1, -0.05) is 20.8 Å². The molecule has 2 aromatic rings. The van der Waals surface area contributed by atoms with Gasteiger partial charge in [-0.15, -0.1) is 0 Å². The fourth-order valence-corrected chi connectivity index (χ4v) is 4.39. The number of nitrogens with zero attached hydrogens (tertiary/aromatic N) is 5. The molecule has 0 saturated carbocycles.